The van der Waals surface area contributed by atoms with E-state index in [0.29, 0.717) is 0 Å². The zero-order valence-corrected chi connectivity index (χ0v) is 76.6. The van der Waals surface area contributed by atoms with E-state index in [1.54, 1.807) is 0 Å². The highest BCUT2D eigenvalue weighted by Crippen LogP contribution is 2.52. The van der Waals surface area contributed by atoms with Gasteiger partial charge in [0.1, 0.15) is 0 Å². The fourth-order valence-corrected chi connectivity index (χ4v) is 19.6. The van der Waals surface area contributed by atoms with Gasteiger partial charge in [-0.25, -0.2) is 0 Å². The zero-order chi connectivity index (χ0) is 94.2. The molecule has 24 rings (SSSR count). The van der Waals surface area contributed by atoms with E-state index in [0.717, 1.165) is 55.6 Å². The number of nitrogens with zero attached hydrogens (tertiary/aromatic N) is 3. The van der Waals surface area contributed by atoms with Gasteiger partial charge in [0.05, 0.1) is 5.52 Å². The number of fused-ring (bicyclic) bond motifs is 21. The second-order valence-corrected chi connectivity index (χ2v) is 35.8. The van der Waals surface area contributed by atoms with Crippen molar-refractivity contribution in [2.24, 2.45) is 21.1 Å². The Morgan fingerprint density at radius 3 is 1.20 bits per heavy atom. The monoisotopic (exact) mass is 1660 g/mol. The molecule has 0 saturated carbocycles. The third-order valence-corrected chi connectivity index (χ3v) is 26.1. The van der Waals surface area contributed by atoms with Crippen molar-refractivity contribution < 1.29 is 8.22 Å². The van der Waals surface area contributed by atoms with Crippen LogP contribution in [0.25, 0.3) is 131 Å². The van der Waals surface area contributed by atoms with Gasteiger partial charge >= 0.3 is 0 Å². The van der Waals surface area contributed by atoms with Crippen molar-refractivity contribution in [3.63, 3.8) is 0 Å². The smallest absolute Gasteiger partial charge is 0.0518 e. The van der Waals surface area contributed by atoms with Gasteiger partial charge in [-0.2, -0.15) is 0 Å². The van der Waals surface area contributed by atoms with Crippen molar-refractivity contribution in [2.45, 2.75) is 127 Å². The lowest BCUT2D eigenvalue weighted by Gasteiger charge is -2.23. The largest absolute Gasteiger partial charge is 0.344 e. The van der Waals surface area contributed by atoms with Gasteiger partial charge in [0, 0.05) is 106 Å². The summed E-state index contributed by atoms with van der Waals surface area (Å²) in [6.45, 7) is 25.4. The van der Waals surface area contributed by atoms with Crippen LogP contribution >= 0.6 is 0 Å². The van der Waals surface area contributed by atoms with Gasteiger partial charge in [-0.05, 0) is 233 Å². The summed E-state index contributed by atoms with van der Waals surface area (Å²) < 4.78 is 54.8. The molecule has 2 atom stereocenters. The first-order chi connectivity index (χ1) is 63.7. The Kier molecular flexibility index (Phi) is 22.6. The minimum Gasteiger partial charge on any atom is -0.344 e. The van der Waals surface area contributed by atoms with Gasteiger partial charge in [0.25, 0.3) is 0 Å². The first kappa shape index (κ1) is 79.1. The van der Waals surface area contributed by atoms with Crippen LogP contribution in [0.4, 0.5) is 0 Å². The van der Waals surface area contributed by atoms with E-state index in [-0.39, 0.29) is 5.41 Å². The molecule has 3 nitrogen and oxygen atoms in total. The van der Waals surface area contributed by atoms with Crippen molar-refractivity contribution in [1.29, 1.82) is 0 Å². The van der Waals surface area contributed by atoms with Gasteiger partial charge in [-0.3, -0.25) is 0 Å². The maximum Gasteiger partial charge on any atom is 0.0518 e. The molecule has 0 radical (unpaired) electrons. The predicted octanol–water partition coefficient (Wildman–Crippen LogP) is 33.6. The van der Waals surface area contributed by atoms with Crippen LogP contribution in [0.2, 0.25) is 0 Å². The SMILES string of the molecule is Cc1ccc2c(c1)c1ccccc1n2C.Cc1ccc2c3ccccc3n(C)c2c1.Cc1ccc2cc(C)ccc2c1.Cc1ccc2ccccc2c1.Cc1cccc2c1-c1ccccc1C2(C)C.Cc1cccc2c3ccccc3n(C)c12.Cc1cccc2ccccc12.[2H]C([2H])([2H])C1(C)c2ccccc2-c2ccc(C)cc21.[2H]C([2H])([2H])C1(C)c2ccccc2-c2cccc(C)c21. The third kappa shape index (κ3) is 17.3. The molecule has 3 heterocycles. The van der Waals surface area contributed by atoms with Gasteiger partial charge in [-0.1, -0.05) is 409 Å². The molecule has 0 saturated heterocycles. The highest BCUT2D eigenvalue weighted by molar-refractivity contribution is 6.10. The Labute approximate surface area is 761 Å². The van der Waals surface area contributed by atoms with E-state index >= 15 is 0 Å². The molecule has 3 aliphatic carbocycles. The fraction of sp³-hybridized carbons (Fsp3) is 0.177. The van der Waals surface area contributed by atoms with Gasteiger partial charge in [0.2, 0.25) is 0 Å². The molecular weight excluding hydrogens is 1530 g/mol. The molecule has 2 unspecified atom stereocenters. The van der Waals surface area contributed by atoms with E-state index in [9.17, 15) is 0 Å². The summed E-state index contributed by atoms with van der Waals surface area (Å²) in [6, 6.07) is 131. The van der Waals surface area contributed by atoms with Crippen molar-refractivity contribution in [2.75, 3.05) is 0 Å². The number of rotatable bonds is 0. The summed E-state index contributed by atoms with van der Waals surface area (Å²) in [5.74, 6) is 0. The molecule has 0 N–H and O–H groups in total. The van der Waals surface area contributed by atoms with Crippen LogP contribution in [0.1, 0.15) is 139 Å². The molecule has 21 aromatic rings. The van der Waals surface area contributed by atoms with Crippen LogP contribution in [-0.4, -0.2) is 13.7 Å². The summed E-state index contributed by atoms with van der Waals surface area (Å²) in [5, 5.41) is 16.1. The number of benzene rings is 18. The van der Waals surface area contributed by atoms with Crippen molar-refractivity contribution >= 4 is 97.7 Å². The first-order valence-corrected chi connectivity index (χ1v) is 44.5. The molecule has 0 spiro atoms. The van der Waals surface area contributed by atoms with E-state index in [4.69, 9.17) is 8.22 Å². The van der Waals surface area contributed by atoms with Gasteiger partial charge in [-0.15, -0.1) is 0 Å². The summed E-state index contributed by atoms with van der Waals surface area (Å²) >= 11 is 0. The minimum absolute atomic E-state index is 0.151. The van der Waals surface area contributed by atoms with Crippen molar-refractivity contribution in [3.8, 4) is 33.4 Å². The maximum atomic E-state index is 8.02. The van der Waals surface area contributed by atoms with Gasteiger partial charge in [0.15, 0.2) is 0 Å². The number of aromatic nitrogens is 3. The topological polar surface area (TPSA) is 14.8 Å². The Bertz CT molecular complexity index is 7850. The van der Waals surface area contributed by atoms with E-state index in [1.807, 2.05) is 113 Å². The zero-order valence-electron chi connectivity index (χ0n) is 82.6. The lowest BCUT2D eigenvalue weighted by molar-refractivity contribution is 0.655. The van der Waals surface area contributed by atoms with Crippen molar-refractivity contribution in [1.82, 2.24) is 13.7 Å². The van der Waals surface area contributed by atoms with Crippen LogP contribution in [0.15, 0.2) is 376 Å². The summed E-state index contributed by atoms with van der Waals surface area (Å²) in [5.41, 5.74) is 32.8. The molecule has 0 fully saturated rings. The quantitative estimate of drug-likeness (QED) is 0.144. The fourth-order valence-electron chi connectivity index (χ4n) is 19.6. The first-order valence-electron chi connectivity index (χ1n) is 47.5. The molecule has 0 amide bonds. The van der Waals surface area contributed by atoms with Crippen LogP contribution in [0.3, 0.4) is 0 Å². The van der Waals surface area contributed by atoms with Crippen LogP contribution in [0, 0.1) is 69.2 Å². The molecule has 0 aliphatic heterocycles. The van der Waals surface area contributed by atoms with E-state index in [2.05, 4.69) is 395 Å². The Balaban J connectivity index is 0.000000110. The maximum absolute atomic E-state index is 8.02. The summed E-state index contributed by atoms with van der Waals surface area (Å²) in [7, 11) is 6.39. The molecule has 3 heteroatoms. The number of aryl methyl sites for hydroxylation is 13. The Morgan fingerprint density at radius 2 is 0.567 bits per heavy atom. The molecular formula is C124H119N3. The predicted molar refractivity (Wildman–Crippen MR) is 553 cm³/mol. The van der Waals surface area contributed by atoms with Gasteiger partial charge < -0.3 is 13.7 Å². The second-order valence-electron chi connectivity index (χ2n) is 35.8. The molecule has 127 heavy (non-hydrogen) atoms. The molecule has 3 aromatic heterocycles. The number of para-hydroxylation sites is 4. The summed E-state index contributed by atoms with van der Waals surface area (Å²) in [6.07, 6.45) is 0. The van der Waals surface area contributed by atoms with Crippen LogP contribution in [-0.2, 0) is 37.4 Å². The molecule has 18 aromatic carbocycles. The van der Waals surface area contributed by atoms with E-state index in [1.165, 1.54) is 164 Å². The third-order valence-electron chi connectivity index (χ3n) is 26.1. The Morgan fingerprint density at radius 1 is 0.205 bits per heavy atom. The van der Waals surface area contributed by atoms with E-state index < -0.39 is 24.5 Å². The second kappa shape index (κ2) is 36.4. The molecule has 630 valence electrons. The van der Waals surface area contributed by atoms with Crippen molar-refractivity contribution in [3.05, 3.63) is 465 Å². The lowest BCUT2D eigenvalue weighted by atomic mass is 9.80. The lowest BCUT2D eigenvalue weighted by Crippen LogP contribution is -2.16. The standard InChI is InChI=1S/3C16H16.3C14H13N.C12H12.2C11H10/c1-11-7-6-9-13-12-8-4-5-10-14(12)16(2,3)15(11)13;1-11-7-6-10-14-15(11)12-8-4-5-9-13(12)16(14,2)3;1-11-8-9-13-12-6-4-5-7-14(12)16(2,3)15(13)10-11;1-10-6-5-8-12-11-7-3-4-9-13(11)15(2)14(10)12;1-10-7-8-14-12(9-10)11-5-3-4-6-13(11)15(14)2;1-10-7-8-12-11-5-3-4-6-13(11)15(2)14(12)9-10;1-9-3-5-12-8-10(2)4-6-11(12)7-9;1-9-5-4-7-10-6-2-3-8-11(9)10;1-9-6-7-10-4-2-3-5-11(10)8-9/h3*4-10H,1-3H3;3*3-9H,1-2H3;3-8H,1-2H3;2*2-8H,1H3/i2D3;;2D3;;;;;;. The summed E-state index contributed by atoms with van der Waals surface area (Å²) in [4.78, 5) is 0. The Hall–Kier alpha value is -13.9. The number of hydrogen-bond donors (Lipinski definition) is 0. The number of hydrogen-bond acceptors (Lipinski definition) is 0. The highest BCUT2D eigenvalue weighted by Gasteiger charge is 2.38. The normalized spacial score (nSPS) is 15.1. The average molecular weight is 1660 g/mol. The average Bonchev–Trinajstić information content (AvgIpc) is 1.55. The van der Waals surface area contributed by atoms with Crippen LogP contribution < -0.4 is 0 Å². The van der Waals surface area contributed by atoms with Crippen LogP contribution in [0.5, 0.6) is 0 Å². The highest BCUT2D eigenvalue weighted by atomic mass is 14.9. The minimum atomic E-state index is -2.06. The molecule has 3 aliphatic rings. The molecule has 0 bridgehead atoms.